The van der Waals surface area contributed by atoms with Crippen LogP contribution in [0.3, 0.4) is 0 Å². The number of benzene rings is 2. The van der Waals surface area contributed by atoms with Crippen molar-refractivity contribution in [1.82, 2.24) is 4.98 Å². The summed E-state index contributed by atoms with van der Waals surface area (Å²) in [5.41, 5.74) is 1.70. The summed E-state index contributed by atoms with van der Waals surface area (Å²) in [7, 11) is 0. The number of halogens is 1. The molecular formula is C19H15ClN2OS. The Bertz CT molecular complexity index is 795. The Balaban J connectivity index is 1.84. The lowest BCUT2D eigenvalue weighted by Crippen LogP contribution is -2.19. The first-order valence-corrected chi connectivity index (χ1v) is 8.67. The molecule has 120 valence electrons. The van der Waals surface area contributed by atoms with Gasteiger partial charge in [-0.2, -0.15) is 0 Å². The summed E-state index contributed by atoms with van der Waals surface area (Å²) >= 11 is 7.28. The largest absolute Gasteiger partial charge is 0.325 e. The van der Waals surface area contributed by atoms with Crippen molar-refractivity contribution in [3.63, 3.8) is 0 Å². The monoisotopic (exact) mass is 354 g/mol. The molecule has 1 N–H and O–H groups in total. The average molecular weight is 355 g/mol. The van der Waals surface area contributed by atoms with Crippen molar-refractivity contribution in [3.8, 4) is 0 Å². The number of carbonyl (C=O) groups excluding carboxylic acids is 1. The Morgan fingerprint density at radius 3 is 2.25 bits per heavy atom. The fourth-order valence-electron chi connectivity index (χ4n) is 2.18. The van der Waals surface area contributed by atoms with Crippen LogP contribution in [0, 0.1) is 0 Å². The molecule has 0 radical (unpaired) electrons. The van der Waals surface area contributed by atoms with Crippen molar-refractivity contribution in [2.45, 2.75) is 10.3 Å². The number of thioether (sulfide) groups is 1. The van der Waals surface area contributed by atoms with Gasteiger partial charge in [-0.25, -0.2) is 4.98 Å². The van der Waals surface area contributed by atoms with Crippen molar-refractivity contribution in [1.29, 1.82) is 0 Å². The van der Waals surface area contributed by atoms with Crippen LogP contribution in [0.5, 0.6) is 0 Å². The van der Waals surface area contributed by atoms with Gasteiger partial charge in [0.05, 0.1) is 10.0 Å². The van der Waals surface area contributed by atoms with Crippen LogP contribution in [-0.2, 0) is 4.79 Å². The number of carbonyl (C=O) groups is 1. The van der Waals surface area contributed by atoms with Crippen LogP contribution in [0.25, 0.3) is 0 Å². The quantitative estimate of drug-likeness (QED) is 0.640. The normalized spacial score (nSPS) is 11.7. The predicted octanol–water partition coefficient (Wildman–Crippen LogP) is 5.21. The average Bonchev–Trinajstić information content (AvgIpc) is 2.63. The van der Waals surface area contributed by atoms with E-state index in [9.17, 15) is 4.79 Å². The summed E-state index contributed by atoms with van der Waals surface area (Å²) in [5.74, 6) is -0.0888. The molecule has 1 heterocycles. The number of nitrogens with zero attached hydrogens (tertiary/aromatic N) is 1. The standard InChI is InChI=1S/C19H15ClN2OS/c20-15-11-12-17(21-13-15)24-18(14-7-3-1-4-8-14)19(23)22-16-9-5-2-6-10-16/h1-13,18H,(H,22,23). The molecule has 1 atom stereocenters. The lowest BCUT2D eigenvalue weighted by Gasteiger charge is -2.16. The van der Waals surface area contributed by atoms with Crippen LogP contribution in [0.15, 0.2) is 84.0 Å². The molecule has 0 aliphatic rings. The van der Waals surface area contributed by atoms with E-state index in [0.29, 0.717) is 5.02 Å². The second-order valence-corrected chi connectivity index (χ2v) is 6.64. The molecule has 5 heteroatoms. The molecule has 3 nitrogen and oxygen atoms in total. The highest BCUT2D eigenvalue weighted by atomic mass is 35.5. The highest BCUT2D eigenvalue weighted by Gasteiger charge is 2.22. The topological polar surface area (TPSA) is 42.0 Å². The van der Waals surface area contributed by atoms with E-state index < -0.39 is 5.25 Å². The summed E-state index contributed by atoms with van der Waals surface area (Å²) in [5, 5.41) is 3.88. The number of amides is 1. The van der Waals surface area contributed by atoms with Crippen LogP contribution in [0.4, 0.5) is 5.69 Å². The Morgan fingerprint density at radius 2 is 1.62 bits per heavy atom. The molecule has 1 aromatic heterocycles. The van der Waals surface area contributed by atoms with Gasteiger partial charge in [0.25, 0.3) is 0 Å². The van der Waals surface area contributed by atoms with E-state index in [1.807, 2.05) is 66.7 Å². The van der Waals surface area contributed by atoms with Gasteiger partial charge in [-0.1, -0.05) is 71.9 Å². The molecule has 0 fully saturated rings. The van der Waals surface area contributed by atoms with Crippen LogP contribution < -0.4 is 5.32 Å². The third-order valence-electron chi connectivity index (χ3n) is 3.32. The minimum absolute atomic E-state index is 0.0888. The molecule has 0 bridgehead atoms. The number of nitrogens with one attached hydrogen (secondary N) is 1. The van der Waals surface area contributed by atoms with Gasteiger partial charge in [0.2, 0.25) is 5.91 Å². The summed E-state index contributed by atoms with van der Waals surface area (Å²) < 4.78 is 0. The number of pyridine rings is 1. The van der Waals surface area contributed by atoms with Crippen molar-refractivity contribution in [3.05, 3.63) is 89.6 Å². The zero-order valence-electron chi connectivity index (χ0n) is 12.7. The van der Waals surface area contributed by atoms with Crippen molar-refractivity contribution >= 4 is 35.0 Å². The fraction of sp³-hybridized carbons (Fsp3) is 0.0526. The maximum absolute atomic E-state index is 12.8. The Morgan fingerprint density at radius 1 is 0.958 bits per heavy atom. The van der Waals surface area contributed by atoms with Gasteiger partial charge in [0.1, 0.15) is 5.25 Å². The first-order valence-electron chi connectivity index (χ1n) is 7.41. The van der Waals surface area contributed by atoms with Crippen molar-refractivity contribution < 1.29 is 4.79 Å². The van der Waals surface area contributed by atoms with Gasteiger partial charge >= 0.3 is 0 Å². The molecule has 3 rings (SSSR count). The molecule has 0 saturated carbocycles. The number of aromatic nitrogens is 1. The highest BCUT2D eigenvalue weighted by molar-refractivity contribution is 8.00. The third kappa shape index (κ3) is 4.37. The van der Waals surface area contributed by atoms with Gasteiger partial charge in [0.15, 0.2) is 0 Å². The zero-order valence-corrected chi connectivity index (χ0v) is 14.3. The van der Waals surface area contributed by atoms with Crippen LogP contribution in [0.1, 0.15) is 10.8 Å². The molecule has 0 spiro atoms. The molecule has 0 aliphatic heterocycles. The van der Waals surface area contributed by atoms with Crippen molar-refractivity contribution in [2.75, 3.05) is 5.32 Å². The SMILES string of the molecule is O=C(Nc1ccccc1)C(Sc1ccc(Cl)cn1)c1ccccc1. The predicted molar refractivity (Wildman–Crippen MR) is 99.4 cm³/mol. The van der Waals surface area contributed by atoms with E-state index in [4.69, 9.17) is 11.6 Å². The number of rotatable bonds is 5. The molecular weight excluding hydrogens is 340 g/mol. The zero-order chi connectivity index (χ0) is 16.8. The smallest absolute Gasteiger partial charge is 0.242 e. The molecule has 24 heavy (non-hydrogen) atoms. The van der Waals surface area contributed by atoms with Gasteiger partial charge in [0, 0.05) is 11.9 Å². The van der Waals surface area contributed by atoms with Gasteiger partial charge in [-0.3, -0.25) is 4.79 Å². The number of para-hydroxylation sites is 1. The molecule has 3 aromatic rings. The summed E-state index contributed by atoms with van der Waals surface area (Å²) in [4.78, 5) is 17.1. The summed E-state index contributed by atoms with van der Waals surface area (Å²) in [6.45, 7) is 0. The highest BCUT2D eigenvalue weighted by Crippen LogP contribution is 2.35. The fourth-order valence-corrected chi connectivity index (χ4v) is 3.26. The maximum Gasteiger partial charge on any atom is 0.242 e. The van der Waals surface area contributed by atoms with E-state index in [1.165, 1.54) is 11.8 Å². The lowest BCUT2D eigenvalue weighted by atomic mass is 10.1. The third-order valence-corrected chi connectivity index (χ3v) is 4.75. The molecule has 2 aromatic carbocycles. The summed E-state index contributed by atoms with van der Waals surface area (Å²) in [6.07, 6.45) is 1.58. The minimum atomic E-state index is -0.403. The maximum atomic E-state index is 12.8. The Labute approximate surface area is 150 Å². The summed E-state index contributed by atoms with van der Waals surface area (Å²) in [6, 6.07) is 22.7. The van der Waals surface area contributed by atoms with Gasteiger partial charge < -0.3 is 5.32 Å². The number of hydrogen-bond acceptors (Lipinski definition) is 3. The van der Waals surface area contributed by atoms with Crippen LogP contribution in [0.2, 0.25) is 5.02 Å². The molecule has 0 saturated heterocycles. The van der Waals surface area contributed by atoms with E-state index in [-0.39, 0.29) is 5.91 Å². The van der Waals surface area contributed by atoms with E-state index in [2.05, 4.69) is 10.3 Å². The van der Waals surface area contributed by atoms with Gasteiger partial charge in [-0.05, 0) is 29.8 Å². The molecule has 0 aliphatic carbocycles. The van der Waals surface area contributed by atoms with E-state index in [0.717, 1.165) is 16.3 Å². The minimum Gasteiger partial charge on any atom is -0.325 e. The number of anilines is 1. The number of hydrogen-bond donors (Lipinski definition) is 1. The van der Waals surface area contributed by atoms with Crippen molar-refractivity contribution in [2.24, 2.45) is 0 Å². The Kier molecular flexibility index (Phi) is 5.51. The van der Waals surface area contributed by atoms with Crippen LogP contribution >= 0.6 is 23.4 Å². The second kappa shape index (κ2) is 7.99. The second-order valence-electron chi connectivity index (χ2n) is 5.08. The lowest BCUT2D eigenvalue weighted by molar-refractivity contribution is -0.115. The van der Waals surface area contributed by atoms with Gasteiger partial charge in [-0.15, -0.1) is 0 Å². The van der Waals surface area contributed by atoms with Crippen LogP contribution in [-0.4, -0.2) is 10.9 Å². The first kappa shape index (κ1) is 16.6. The van der Waals surface area contributed by atoms with E-state index >= 15 is 0 Å². The Hall–Kier alpha value is -2.30. The van der Waals surface area contributed by atoms with E-state index in [1.54, 1.807) is 12.3 Å². The molecule has 1 unspecified atom stereocenters. The molecule has 1 amide bonds. The first-order chi connectivity index (χ1) is 11.7.